The van der Waals surface area contributed by atoms with Gasteiger partial charge in [-0.1, -0.05) is 11.6 Å². The summed E-state index contributed by atoms with van der Waals surface area (Å²) < 4.78 is 5.16. The van der Waals surface area contributed by atoms with Gasteiger partial charge in [-0.15, -0.1) is 35.7 Å². The zero-order valence-electron chi connectivity index (χ0n) is 14.3. The van der Waals surface area contributed by atoms with Crippen LogP contribution in [0.4, 0.5) is 0 Å². The smallest absolute Gasteiger partial charge is 0.239 e. The quantitative estimate of drug-likeness (QED) is 0.168. The van der Waals surface area contributed by atoms with Gasteiger partial charge in [0.1, 0.15) is 5.76 Å². The number of rotatable bonds is 8. The molecule has 3 N–H and O–H groups in total. The normalized spacial score (nSPS) is 10.8. The second-order valence-corrected chi connectivity index (χ2v) is 6.62. The molecule has 0 aliphatic rings. The molecule has 0 aliphatic carbocycles. The molecule has 0 unspecified atom stereocenters. The van der Waals surface area contributed by atoms with Crippen LogP contribution in [-0.2, 0) is 11.3 Å². The van der Waals surface area contributed by atoms with E-state index >= 15 is 0 Å². The van der Waals surface area contributed by atoms with Crippen molar-refractivity contribution >= 4 is 59.2 Å². The van der Waals surface area contributed by atoms with E-state index in [9.17, 15) is 4.79 Å². The van der Waals surface area contributed by atoms with Crippen LogP contribution in [0.2, 0.25) is 5.02 Å². The summed E-state index contributed by atoms with van der Waals surface area (Å²) in [6.45, 7) is 1.24. The molecule has 0 fully saturated rings. The van der Waals surface area contributed by atoms with Gasteiger partial charge in [0, 0.05) is 29.3 Å². The summed E-state index contributed by atoms with van der Waals surface area (Å²) in [5.74, 6) is 2.04. The van der Waals surface area contributed by atoms with Crippen LogP contribution in [-0.4, -0.2) is 37.8 Å². The van der Waals surface area contributed by atoms with Crippen LogP contribution >= 0.6 is 47.3 Å². The lowest BCUT2D eigenvalue weighted by molar-refractivity contribution is -0.120. The molecule has 1 heterocycles. The van der Waals surface area contributed by atoms with Gasteiger partial charge < -0.3 is 20.4 Å². The first-order chi connectivity index (χ1) is 12.2. The van der Waals surface area contributed by atoms with Crippen molar-refractivity contribution in [1.82, 2.24) is 16.0 Å². The molecule has 142 valence electrons. The zero-order chi connectivity index (χ0) is 17.9. The standard InChI is InChI=1S/C17H21ClN4O2S.HI/c1-19-17(20-8-10-25-15-6-4-13(18)5-7-15)22-12-16(23)21-11-14-3-2-9-24-14;/h2-7,9H,8,10-12H2,1H3,(H,21,23)(H2,19,20,22);1H. The molecule has 6 nitrogen and oxygen atoms in total. The van der Waals surface area contributed by atoms with Crippen molar-refractivity contribution in [2.24, 2.45) is 4.99 Å². The average Bonchev–Trinajstić information content (AvgIpc) is 3.14. The molecule has 0 saturated heterocycles. The van der Waals surface area contributed by atoms with Crippen LogP contribution < -0.4 is 16.0 Å². The number of nitrogens with one attached hydrogen (secondary N) is 3. The molecule has 1 amide bonds. The Balaban J connectivity index is 0.00000338. The summed E-state index contributed by atoms with van der Waals surface area (Å²) in [5.41, 5.74) is 0. The third-order valence-corrected chi connectivity index (χ3v) is 4.42. The van der Waals surface area contributed by atoms with Gasteiger partial charge in [-0.2, -0.15) is 0 Å². The first kappa shape index (κ1) is 22.7. The second kappa shape index (κ2) is 12.9. The molecule has 0 spiro atoms. The minimum absolute atomic E-state index is 0. The van der Waals surface area contributed by atoms with Crippen LogP contribution in [0.1, 0.15) is 5.76 Å². The van der Waals surface area contributed by atoms with Gasteiger partial charge in [-0.05, 0) is 36.4 Å². The van der Waals surface area contributed by atoms with Crippen molar-refractivity contribution in [3.8, 4) is 0 Å². The summed E-state index contributed by atoms with van der Waals surface area (Å²) >= 11 is 7.58. The Morgan fingerprint density at radius 2 is 1.96 bits per heavy atom. The Kier molecular flexibility index (Phi) is 11.2. The summed E-state index contributed by atoms with van der Waals surface area (Å²) in [7, 11) is 1.67. The molecule has 0 bridgehead atoms. The van der Waals surface area contributed by atoms with Gasteiger partial charge in [0.05, 0.1) is 19.4 Å². The molecule has 0 aliphatic heterocycles. The Morgan fingerprint density at radius 1 is 1.19 bits per heavy atom. The molecule has 26 heavy (non-hydrogen) atoms. The van der Waals surface area contributed by atoms with Gasteiger partial charge in [0.2, 0.25) is 5.91 Å². The minimum Gasteiger partial charge on any atom is -0.467 e. The van der Waals surface area contributed by atoms with Gasteiger partial charge in [-0.25, -0.2) is 0 Å². The first-order valence-corrected chi connectivity index (χ1v) is 9.15. The van der Waals surface area contributed by atoms with E-state index in [4.69, 9.17) is 16.0 Å². The molecule has 0 saturated carbocycles. The number of hydrogen-bond donors (Lipinski definition) is 3. The SMILES string of the molecule is CN=C(NCCSc1ccc(Cl)cc1)NCC(=O)NCc1ccco1.I. The van der Waals surface area contributed by atoms with Crippen molar-refractivity contribution < 1.29 is 9.21 Å². The molecule has 2 rings (SSSR count). The van der Waals surface area contributed by atoms with Gasteiger partial charge in [-0.3, -0.25) is 9.79 Å². The number of nitrogens with zero attached hydrogens (tertiary/aromatic N) is 1. The lowest BCUT2D eigenvalue weighted by Crippen LogP contribution is -2.43. The maximum atomic E-state index is 11.8. The van der Waals surface area contributed by atoms with Crippen LogP contribution in [0.3, 0.4) is 0 Å². The van der Waals surface area contributed by atoms with Crippen molar-refractivity contribution in [1.29, 1.82) is 0 Å². The van der Waals surface area contributed by atoms with E-state index in [0.717, 1.165) is 28.0 Å². The van der Waals surface area contributed by atoms with E-state index in [0.29, 0.717) is 12.5 Å². The lowest BCUT2D eigenvalue weighted by Gasteiger charge is -2.11. The minimum atomic E-state index is -0.130. The molecule has 9 heteroatoms. The highest BCUT2D eigenvalue weighted by Crippen LogP contribution is 2.19. The van der Waals surface area contributed by atoms with Crippen molar-refractivity contribution in [3.05, 3.63) is 53.4 Å². The number of carbonyl (C=O) groups is 1. The highest BCUT2D eigenvalue weighted by Gasteiger charge is 2.04. The molecule has 2 aromatic rings. The topological polar surface area (TPSA) is 78.7 Å². The third kappa shape index (κ3) is 8.81. The Labute approximate surface area is 179 Å². The molecule has 1 aromatic carbocycles. The van der Waals surface area contributed by atoms with Gasteiger partial charge >= 0.3 is 0 Å². The first-order valence-electron chi connectivity index (χ1n) is 7.79. The Morgan fingerprint density at radius 3 is 2.62 bits per heavy atom. The number of benzene rings is 1. The highest BCUT2D eigenvalue weighted by atomic mass is 127. The maximum Gasteiger partial charge on any atom is 0.239 e. The molecular weight excluding hydrogens is 487 g/mol. The summed E-state index contributed by atoms with van der Waals surface area (Å²) in [5, 5.41) is 9.64. The Bertz CT molecular complexity index is 681. The highest BCUT2D eigenvalue weighted by molar-refractivity contribution is 14.0. The molecule has 1 aromatic heterocycles. The maximum absolute atomic E-state index is 11.8. The lowest BCUT2D eigenvalue weighted by atomic mass is 10.4. The van der Waals surface area contributed by atoms with Gasteiger partial charge in [0.25, 0.3) is 0 Å². The van der Waals surface area contributed by atoms with E-state index in [1.54, 1.807) is 31.1 Å². The van der Waals surface area contributed by atoms with E-state index in [1.807, 2.05) is 30.3 Å². The van der Waals surface area contributed by atoms with Crippen LogP contribution in [0.5, 0.6) is 0 Å². The number of furan rings is 1. The monoisotopic (exact) mass is 508 g/mol. The fourth-order valence-electron chi connectivity index (χ4n) is 1.92. The van der Waals surface area contributed by atoms with Crippen molar-refractivity contribution in [2.75, 3.05) is 25.9 Å². The van der Waals surface area contributed by atoms with E-state index < -0.39 is 0 Å². The largest absolute Gasteiger partial charge is 0.467 e. The molecule has 0 radical (unpaired) electrons. The number of aliphatic imine (C=N–C) groups is 1. The number of amides is 1. The fraction of sp³-hybridized carbons (Fsp3) is 0.294. The number of halogens is 2. The Hall–Kier alpha value is -1.39. The molecular formula is C17H22ClIN4O2S. The summed E-state index contributed by atoms with van der Waals surface area (Å²) in [6.07, 6.45) is 1.58. The van der Waals surface area contributed by atoms with E-state index in [1.165, 1.54) is 0 Å². The summed E-state index contributed by atoms with van der Waals surface area (Å²) in [6, 6.07) is 11.3. The number of hydrogen-bond acceptors (Lipinski definition) is 4. The predicted octanol–water partition coefficient (Wildman–Crippen LogP) is 3.12. The summed E-state index contributed by atoms with van der Waals surface area (Å²) in [4.78, 5) is 17.0. The van der Waals surface area contributed by atoms with Crippen LogP contribution in [0.25, 0.3) is 0 Å². The third-order valence-electron chi connectivity index (χ3n) is 3.16. The number of guanidine groups is 1. The number of thioether (sulfide) groups is 1. The molecule has 0 atom stereocenters. The van der Waals surface area contributed by atoms with E-state index in [2.05, 4.69) is 20.9 Å². The van der Waals surface area contributed by atoms with E-state index in [-0.39, 0.29) is 36.4 Å². The van der Waals surface area contributed by atoms with Crippen molar-refractivity contribution in [2.45, 2.75) is 11.4 Å². The average molecular weight is 509 g/mol. The van der Waals surface area contributed by atoms with Crippen molar-refractivity contribution in [3.63, 3.8) is 0 Å². The van der Waals surface area contributed by atoms with Gasteiger partial charge in [0.15, 0.2) is 5.96 Å². The van der Waals surface area contributed by atoms with Crippen LogP contribution in [0, 0.1) is 0 Å². The zero-order valence-corrected chi connectivity index (χ0v) is 18.2. The predicted molar refractivity (Wildman–Crippen MR) is 118 cm³/mol. The number of carbonyl (C=O) groups excluding carboxylic acids is 1. The van der Waals surface area contributed by atoms with Crippen LogP contribution in [0.15, 0.2) is 57.0 Å². The second-order valence-electron chi connectivity index (χ2n) is 5.01. The fourth-order valence-corrected chi connectivity index (χ4v) is 2.81.